The zero-order chi connectivity index (χ0) is 21.9. The number of ether oxygens (including phenoxy) is 1. The highest BCUT2D eigenvalue weighted by Gasteiger charge is 2.04. The Kier molecular flexibility index (Phi) is 8.73. The Morgan fingerprint density at radius 1 is 0.935 bits per heavy atom. The van der Waals surface area contributed by atoms with E-state index in [9.17, 15) is 4.79 Å². The van der Waals surface area contributed by atoms with E-state index in [1.807, 2.05) is 66.4 Å². The van der Waals surface area contributed by atoms with Crippen LogP contribution in [-0.4, -0.2) is 18.7 Å². The first kappa shape index (κ1) is 22.6. The number of hydrazone groups is 1. The summed E-state index contributed by atoms with van der Waals surface area (Å²) >= 11 is 1.86. The van der Waals surface area contributed by atoms with Crippen LogP contribution in [0, 0.1) is 5.92 Å². The average Bonchev–Trinajstić information content (AvgIpc) is 2.79. The van der Waals surface area contributed by atoms with Gasteiger partial charge in [0.2, 0.25) is 0 Å². The summed E-state index contributed by atoms with van der Waals surface area (Å²) in [7, 11) is 0. The molecule has 1 N–H and O–H groups in total. The van der Waals surface area contributed by atoms with Crippen LogP contribution in [-0.2, 0) is 11.5 Å². The van der Waals surface area contributed by atoms with Gasteiger partial charge < -0.3 is 4.74 Å². The lowest BCUT2D eigenvalue weighted by Crippen LogP contribution is -2.17. The van der Waals surface area contributed by atoms with Crippen LogP contribution in [0.15, 0.2) is 84.0 Å². The van der Waals surface area contributed by atoms with Crippen LogP contribution in [0.4, 0.5) is 0 Å². The molecular formula is C26H28N2O2S. The van der Waals surface area contributed by atoms with E-state index in [-0.39, 0.29) is 5.91 Å². The lowest BCUT2D eigenvalue weighted by molar-refractivity contribution is 0.0955. The molecule has 4 nitrogen and oxygen atoms in total. The molecule has 0 spiro atoms. The smallest absolute Gasteiger partial charge is 0.271 e. The van der Waals surface area contributed by atoms with Crippen molar-refractivity contribution in [3.63, 3.8) is 0 Å². The monoisotopic (exact) mass is 432 g/mol. The molecule has 0 aliphatic carbocycles. The molecule has 0 saturated heterocycles. The molecule has 0 fully saturated rings. The predicted octanol–water partition coefficient (Wildman–Crippen LogP) is 5.92. The van der Waals surface area contributed by atoms with Gasteiger partial charge in [-0.2, -0.15) is 16.9 Å². The third kappa shape index (κ3) is 7.95. The number of hydrogen-bond donors (Lipinski definition) is 1. The third-order valence-electron chi connectivity index (χ3n) is 4.44. The van der Waals surface area contributed by atoms with E-state index in [0.717, 1.165) is 22.8 Å². The summed E-state index contributed by atoms with van der Waals surface area (Å²) in [6, 6.07) is 25.7. The number of carbonyl (C=O) groups is 1. The second kappa shape index (κ2) is 12.0. The molecule has 0 saturated carbocycles. The van der Waals surface area contributed by atoms with Gasteiger partial charge in [0.15, 0.2) is 0 Å². The van der Waals surface area contributed by atoms with E-state index in [2.05, 4.69) is 48.6 Å². The molecule has 5 heteroatoms. The minimum absolute atomic E-state index is 0.225. The van der Waals surface area contributed by atoms with Gasteiger partial charge >= 0.3 is 0 Å². The van der Waals surface area contributed by atoms with E-state index in [1.165, 1.54) is 11.1 Å². The van der Waals surface area contributed by atoms with Crippen molar-refractivity contribution in [3.8, 4) is 5.75 Å². The van der Waals surface area contributed by atoms with Crippen LogP contribution in [0.2, 0.25) is 0 Å². The Hall–Kier alpha value is -3.05. The Balaban J connectivity index is 1.43. The van der Waals surface area contributed by atoms with E-state index >= 15 is 0 Å². The first-order valence-corrected chi connectivity index (χ1v) is 11.5. The highest BCUT2D eigenvalue weighted by molar-refractivity contribution is 7.97. The van der Waals surface area contributed by atoms with Crippen molar-refractivity contribution in [2.24, 2.45) is 11.0 Å². The molecule has 3 aromatic rings. The normalized spacial score (nSPS) is 11.1. The number of benzene rings is 3. The highest BCUT2D eigenvalue weighted by atomic mass is 32.2. The molecule has 160 valence electrons. The Labute approximate surface area is 188 Å². The van der Waals surface area contributed by atoms with Gasteiger partial charge in [-0.3, -0.25) is 4.79 Å². The van der Waals surface area contributed by atoms with E-state index in [4.69, 9.17) is 4.74 Å². The molecule has 1 amide bonds. The van der Waals surface area contributed by atoms with Crippen molar-refractivity contribution in [1.29, 1.82) is 0 Å². The Morgan fingerprint density at radius 3 is 2.23 bits per heavy atom. The van der Waals surface area contributed by atoms with Crippen molar-refractivity contribution >= 4 is 23.9 Å². The molecule has 0 unspecified atom stereocenters. The first-order valence-electron chi connectivity index (χ1n) is 10.4. The minimum atomic E-state index is -0.225. The lowest BCUT2D eigenvalue weighted by atomic mass is 10.1. The molecule has 0 atom stereocenters. The molecule has 0 aliphatic rings. The van der Waals surface area contributed by atoms with Crippen molar-refractivity contribution in [1.82, 2.24) is 5.43 Å². The number of rotatable bonds is 10. The second-order valence-corrected chi connectivity index (χ2v) is 8.63. The fourth-order valence-corrected chi connectivity index (χ4v) is 3.71. The van der Waals surface area contributed by atoms with Gasteiger partial charge in [0, 0.05) is 17.1 Å². The van der Waals surface area contributed by atoms with Gasteiger partial charge in [-0.05, 0) is 59.0 Å². The van der Waals surface area contributed by atoms with Gasteiger partial charge in [0.25, 0.3) is 5.91 Å². The quantitative estimate of drug-likeness (QED) is 0.320. The number of thioether (sulfide) groups is 1. The maximum absolute atomic E-state index is 12.3. The summed E-state index contributed by atoms with van der Waals surface area (Å²) in [5.74, 6) is 2.97. The molecule has 0 radical (unpaired) electrons. The van der Waals surface area contributed by atoms with Crippen molar-refractivity contribution < 1.29 is 9.53 Å². The summed E-state index contributed by atoms with van der Waals surface area (Å²) in [5.41, 5.74) is 6.57. The van der Waals surface area contributed by atoms with Gasteiger partial charge in [-0.1, -0.05) is 56.3 Å². The van der Waals surface area contributed by atoms with Crippen molar-refractivity contribution in [2.45, 2.75) is 25.4 Å². The van der Waals surface area contributed by atoms with Crippen LogP contribution in [0.3, 0.4) is 0 Å². The molecular weight excluding hydrogens is 404 g/mol. The summed E-state index contributed by atoms with van der Waals surface area (Å²) in [4.78, 5) is 12.3. The standard InChI is InChI=1S/C26H28N2O2S/c1-20(2)17-30-25-14-10-21(11-15-25)16-27-28-26(29)24-12-8-23(9-13-24)19-31-18-22-6-4-3-5-7-22/h3-16,20H,17-19H2,1-2H3,(H,28,29)/b27-16-. The Bertz CT molecular complexity index is 969. The number of nitrogens with zero attached hydrogens (tertiary/aromatic N) is 1. The second-order valence-electron chi connectivity index (χ2n) is 7.65. The number of amides is 1. The zero-order valence-corrected chi connectivity index (χ0v) is 18.8. The number of hydrogen-bond acceptors (Lipinski definition) is 4. The molecule has 0 bridgehead atoms. The summed E-state index contributed by atoms with van der Waals surface area (Å²) < 4.78 is 5.66. The molecule has 0 aromatic heterocycles. The maximum atomic E-state index is 12.3. The van der Waals surface area contributed by atoms with Crippen LogP contribution in [0.5, 0.6) is 5.75 Å². The molecule has 31 heavy (non-hydrogen) atoms. The predicted molar refractivity (Wildman–Crippen MR) is 130 cm³/mol. The van der Waals surface area contributed by atoms with E-state index in [0.29, 0.717) is 18.1 Å². The maximum Gasteiger partial charge on any atom is 0.271 e. The van der Waals surface area contributed by atoms with Crippen LogP contribution in [0.25, 0.3) is 0 Å². The molecule has 0 heterocycles. The van der Waals surface area contributed by atoms with Crippen LogP contribution >= 0.6 is 11.8 Å². The van der Waals surface area contributed by atoms with Gasteiger partial charge in [0.05, 0.1) is 12.8 Å². The fourth-order valence-electron chi connectivity index (χ4n) is 2.76. The van der Waals surface area contributed by atoms with E-state index in [1.54, 1.807) is 6.21 Å². The average molecular weight is 433 g/mol. The topological polar surface area (TPSA) is 50.7 Å². The third-order valence-corrected chi connectivity index (χ3v) is 5.51. The van der Waals surface area contributed by atoms with Crippen molar-refractivity contribution in [2.75, 3.05) is 6.61 Å². The van der Waals surface area contributed by atoms with Gasteiger partial charge in [-0.25, -0.2) is 5.43 Å². The molecule has 3 aromatic carbocycles. The van der Waals surface area contributed by atoms with Gasteiger partial charge in [0.1, 0.15) is 5.75 Å². The fraction of sp³-hybridized carbons (Fsp3) is 0.231. The highest BCUT2D eigenvalue weighted by Crippen LogP contribution is 2.18. The van der Waals surface area contributed by atoms with E-state index < -0.39 is 0 Å². The molecule has 3 rings (SSSR count). The summed E-state index contributed by atoms with van der Waals surface area (Å²) in [6.45, 7) is 4.92. The summed E-state index contributed by atoms with van der Waals surface area (Å²) in [5, 5.41) is 4.06. The van der Waals surface area contributed by atoms with Crippen molar-refractivity contribution in [3.05, 3.63) is 101 Å². The molecule has 0 aliphatic heterocycles. The van der Waals surface area contributed by atoms with Crippen LogP contribution in [0.1, 0.15) is 40.9 Å². The Morgan fingerprint density at radius 2 is 1.58 bits per heavy atom. The lowest BCUT2D eigenvalue weighted by Gasteiger charge is -2.08. The van der Waals surface area contributed by atoms with Crippen LogP contribution < -0.4 is 10.2 Å². The zero-order valence-electron chi connectivity index (χ0n) is 18.0. The SMILES string of the molecule is CC(C)COc1ccc(/C=N\NC(=O)c2ccc(CSCc3ccccc3)cc2)cc1. The van der Waals surface area contributed by atoms with Gasteiger partial charge in [-0.15, -0.1) is 0 Å². The number of carbonyl (C=O) groups excluding carboxylic acids is 1. The minimum Gasteiger partial charge on any atom is -0.493 e. The number of nitrogens with one attached hydrogen (secondary N) is 1. The first-order chi connectivity index (χ1) is 15.1. The largest absolute Gasteiger partial charge is 0.493 e. The summed E-state index contributed by atoms with van der Waals surface area (Å²) in [6.07, 6.45) is 1.62.